The quantitative estimate of drug-likeness (QED) is 0.161. The summed E-state index contributed by atoms with van der Waals surface area (Å²) in [7, 11) is 0. The molecule has 194 valence electrons. The van der Waals surface area contributed by atoms with Crippen LogP contribution in [0.3, 0.4) is 0 Å². The second-order valence-corrected chi connectivity index (χ2v) is 12.8. The monoisotopic (exact) mass is 532 g/mol. The van der Waals surface area contributed by atoms with Crippen LogP contribution in [0.2, 0.25) is 0 Å². The first kappa shape index (κ1) is 27.2. The molecule has 2 aromatic heterocycles. The lowest BCUT2D eigenvalue weighted by Gasteiger charge is -2.43. The van der Waals surface area contributed by atoms with Crippen molar-refractivity contribution >= 4 is 40.4 Å². The van der Waals surface area contributed by atoms with Crippen LogP contribution in [0.1, 0.15) is 76.7 Å². The van der Waals surface area contributed by atoms with Gasteiger partial charge in [-0.3, -0.25) is 4.79 Å². The molecule has 37 heavy (non-hydrogen) atoms. The molecule has 0 fully saturated rings. The van der Waals surface area contributed by atoms with Gasteiger partial charge < -0.3 is 10.0 Å². The summed E-state index contributed by atoms with van der Waals surface area (Å²) < 4.78 is 0. The number of carboxylic acid groups (broad SMARTS) is 1. The molecular weight excluding hydrogens is 496 g/mol. The number of hydrogen-bond donors (Lipinski definition) is 1. The molecule has 0 aliphatic carbocycles. The minimum Gasteiger partial charge on any atom is -0.486 e. The zero-order valence-corrected chi connectivity index (χ0v) is 23.8. The van der Waals surface area contributed by atoms with E-state index in [0.29, 0.717) is 6.04 Å². The number of anilines is 1. The minimum absolute atomic E-state index is 0.142. The molecule has 0 spiro atoms. The van der Waals surface area contributed by atoms with E-state index in [1.165, 1.54) is 71.2 Å². The Bertz CT molecular complexity index is 1320. The van der Waals surface area contributed by atoms with Crippen molar-refractivity contribution in [3.05, 3.63) is 70.0 Å². The molecule has 6 heteroatoms. The molecule has 1 unspecified atom stereocenters. The molecule has 3 aromatic rings. The van der Waals surface area contributed by atoms with E-state index in [-0.39, 0.29) is 11.1 Å². The summed E-state index contributed by atoms with van der Waals surface area (Å²) in [6, 6.07) is 15.8. The number of thiophene rings is 2. The lowest BCUT2D eigenvalue weighted by Crippen LogP contribution is -2.42. The average molecular weight is 533 g/mol. The molecule has 0 saturated carbocycles. The predicted molar refractivity (Wildman–Crippen MR) is 158 cm³/mol. The van der Waals surface area contributed by atoms with Crippen LogP contribution in [-0.2, 0) is 10.2 Å². The number of aliphatic carboxylic acids is 1. The standard InChI is InChI=1S/C31H36N2O2S2/c1-6-7-8-9-10-21(2)33-18-17-31(3,4)24-19-22(11-13-26(24)33)27-15-16-29(37-27)28-14-12-23(36-28)20-25(32-5)30(34)35/h11-16,19-21H,6-10,17-18H2,1-4H3,(H,34,35)/b25-20-. The first-order chi connectivity index (χ1) is 17.7. The summed E-state index contributed by atoms with van der Waals surface area (Å²) >= 11 is 3.27. The smallest absolute Gasteiger partial charge is 0.333 e. The third-order valence-corrected chi connectivity index (χ3v) is 9.76. The minimum atomic E-state index is -1.19. The van der Waals surface area contributed by atoms with Crippen molar-refractivity contribution < 1.29 is 9.90 Å². The first-order valence-electron chi connectivity index (χ1n) is 13.2. The van der Waals surface area contributed by atoms with Crippen LogP contribution in [0.4, 0.5) is 5.69 Å². The highest BCUT2D eigenvalue weighted by Gasteiger charge is 2.33. The lowest BCUT2D eigenvalue weighted by atomic mass is 9.76. The Hall–Kier alpha value is -2.88. The first-order valence-corrected chi connectivity index (χ1v) is 14.8. The van der Waals surface area contributed by atoms with E-state index in [2.05, 4.69) is 67.8 Å². The van der Waals surface area contributed by atoms with Crippen molar-refractivity contribution in [3.8, 4) is 20.2 Å². The van der Waals surface area contributed by atoms with Crippen LogP contribution in [0.5, 0.6) is 0 Å². The third-order valence-electron chi connectivity index (χ3n) is 7.40. The molecular formula is C31H36N2O2S2. The third kappa shape index (κ3) is 6.17. The average Bonchev–Trinajstić information content (AvgIpc) is 3.55. The van der Waals surface area contributed by atoms with Crippen molar-refractivity contribution in [2.24, 2.45) is 0 Å². The normalized spacial score (nSPS) is 15.8. The Kier molecular flexibility index (Phi) is 8.56. The molecule has 0 saturated heterocycles. The number of rotatable bonds is 10. The number of benzene rings is 1. The van der Waals surface area contributed by atoms with Gasteiger partial charge in [0.15, 0.2) is 0 Å². The fourth-order valence-electron chi connectivity index (χ4n) is 5.08. The number of carbonyl (C=O) groups is 1. The van der Waals surface area contributed by atoms with Crippen molar-refractivity contribution in [2.45, 2.75) is 77.7 Å². The molecule has 1 atom stereocenters. The van der Waals surface area contributed by atoms with Gasteiger partial charge in [0.2, 0.25) is 0 Å². The summed E-state index contributed by atoms with van der Waals surface area (Å²) in [4.78, 5) is 21.2. The molecule has 1 N–H and O–H groups in total. The van der Waals surface area contributed by atoms with E-state index in [1.807, 2.05) is 12.1 Å². The zero-order chi connectivity index (χ0) is 26.6. The zero-order valence-electron chi connectivity index (χ0n) is 22.2. The van der Waals surface area contributed by atoms with Crippen LogP contribution in [0.15, 0.2) is 48.2 Å². The van der Waals surface area contributed by atoms with Gasteiger partial charge >= 0.3 is 5.97 Å². The van der Waals surface area contributed by atoms with Gasteiger partial charge in [0.05, 0.1) is 6.57 Å². The highest BCUT2D eigenvalue weighted by molar-refractivity contribution is 7.24. The second kappa shape index (κ2) is 11.7. The molecule has 0 bridgehead atoms. The van der Waals surface area contributed by atoms with Crippen molar-refractivity contribution in [1.82, 2.24) is 0 Å². The Morgan fingerprint density at radius 1 is 1.11 bits per heavy atom. The maximum absolute atomic E-state index is 11.2. The van der Waals surface area contributed by atoms with Gasteiger partial charge in [-0.25, -0.2) is 4.85 Å². The Morgan fingerprint density at radius 3 is 2.57 bits per heavy atom. The summed E-state index contributed by atoms with van der Waals surface area (Å²) in [6.07, 6.45) is 9.09. The van der Waals surface area contributed by atoms with Gasteiger partial charge in [0.25, 0.3) is 5.70 Å². The fourth-order valence-corrected chi connectivity index (χ4v) is 7.12. The van der Waals surface area contributed by atoms with Crippen LogP contribution >= 0.6 is 22.7 Å². The Morgan fingerprint density at radius 2 is 1.84 bits per heavy atom. The van der Waals surface area contributed by atoms with E-state index >= 15 is 0 Å². The number of hydrogen-bond acceptors (Lipinski definition) is 4. The van der Waals surface area contributed by atoms with E-state index in [9.17, 15) is 4.79 Å². The summed E-state index contributed by atoms with van der Waals surface area (Å²) in [5.41, 5.74) is 3.96. The molecule has 0 amide bonds. The second-order valence-electron chi connectivity index (χ2n) is 10.6. The number of nitrogens with zero attached hydrogens (tertiary/aromatic N) is 2. The summed E-state index contributed by atoms with van der Waals surface area (Å²) in [6.45, 7) is 17.6. The fraction of sp³-hybridized carbons (Fsp3) is 0.419. The Balaban J connectivity index is 1.57. The lowest BCUT2D eigenvalue weighted by molar-refractivity contribution is -0.132. The molecule has 1 aliphatic rings. The predicted octanol–water partition coefficient (Wildman–Crippen LogP) is 9.33. The maximum atomic E-state index is 11.2. The van der Waals surface area contributed by atoms with E-state index < -0.39 is 5.97 Å². The topological polar surface area (TPSA) is 44.9 Å². The highest BCUT2D eigenvalue weighted by atomic mass is 32.1. The number of unbranched alkanes of at least 4 members (excludes halogenated alkanes) is 3. The summed E-state index contributed by atoms with van der Waals surface area (Å²) in [5.74, 6) is -1.19. The SMILES string of the molecule is [C-]#[N+]/C(=C\c1ccc(-c2ccc(-c3ccc4c(c3)C(C)(C)CCN4C(C)CCCCCC)s2)s1)C(=O)O. The van der Waals surface area contributed by atoms with Gasteiger partial charge in [-0.15, -0.1) is 22.7 Å². The molecule has 1 aliphatic heterocycles. The summed E-state index contributed by atoms with van der Waals surface area (Å²) in [5, 5.41) is 9.13. The van der Waals surface area contributed by atoms with Gasteiger partial charge in [-0.05, 0) is 78.8 Å². The molecule has 3 heterocycles. The van der Waals surface area contributed by atoms with Crippen LogP contribution in [0.25, 0.3) is 31.1 Å². The van der Waals surface area contributed by atoms with E-state index in [4.69, 9.17) is 11.7 Å². The molecule has 0 radical (unpaired) electrons. The molecule has 1 aromatic carbocycles. The van der Waals surface area contributed by atoms with E-state index in [0.717, 1.165) is 27.6 Å². The van der Waals surface area contributed by atoms with E-state index in [1.54, 1.807) is 11.3 Å². The number of fused-ring (bicyclic) bond motifs is 1. The Labute approximate surface area is 229 Å². The van der Waals surface area contributed by atoms with Crippen LogP contribution in [0, 0.1) is 6.57 Å². The van der Waals surface area contributed by atoms with Gasteiger partial charge in [-0.2, -0.15) is 0 Å². The molecule has 4 nitrogen and oxygen atoms in total. The van der Waals surface area contributed by atoms with Crippen molar-refractivity contribution in [2.75, 3.05) is 11.4 Å². The number of carboxylic acids is 1. The van der Waals surface area contributed by atoms with Crippen LogP contribution < -0.4 is 4.90 Å². The maximum Gasteiger partial charge on any atom is 0.333 e. The largest absolute Gasteiger partial charge is 0.486 e. The van der Waals surface area contributed by atoms with Gasteiger partial charge in [-0.1, -0.05) is 52.5 Å². The highest BCUT2D eigenvalue weighted by Crippen LogP contribution is 2.45. The van der Waals surface area contributed by atoms with Crippen molar-refractivity contribution in [3.63, 3.8) is 0 Å². The van der Waals surface area contributed by atoms with Crippen molar-refractivity contribution in [1.29, 1.82) is 0 Å². The van der Waals surface area contributed by atoms with Gasteiger partial charge in [0.1, 0.15) is 0 Å². The van der Waals surface area contributed by atoms with Crippen LogP contribution in [-0.4, -0.2) is 23.7 Å². The van der Waals surface area contributed by atoms with Gasteiger partial charge in [0, 0.05) is 37.8 Å². The molecule has 4 rings (SSSR count).